The number of carbonyl (C=O) groups excluding carboxylic acids is 3. The predicted molar refractivity (Wildman–Crippen MR) is 101 cm³/mol. The molecule has 0 spiro atoms. The lowest BCUT2D eigenvalue weighted by atomic mass is 10.1. The molecule has 2 aromatic rings. The van der Waals surface area contributed by atoms with Crippen molar-refractivity contribution in [2.75, 3.05) is 19.7 Å². The van der Waals surface area contributed by atoms with Crippen molar-refractivity contribution in [1.29, 1.82) is 0 Å². The summed E-state index contributed by atoms with van der Waals surface area (Å²) in [5.41, 5.74) is 0. The van der Waals surface area contributed by atoms with Crippen LogP contribution < -0.4 is 10.1 Å². The predicted octanol–water partition coefficient (Wildman–Crippen LogP) is 2.64. The van der Waals surface area contributed by atoms with Crippen LogP contribution in [0.1, 0.15) is 19.3 Å². The molecule has 0 radical (unpaired) electrons. The third kappa shape index (κ3) is 4.60. The number of halogens is 1. The van der Waals surface area contributed by atoms with Crippen LogP contribution in [0.3, 0.4) is 0 Å². The van der Waals surface area contributed by atoms with Gasteiger partial charge < -0.3 is 10.1 Å². The fourth-order valence-corrected chi connectivity index (χ4v) is 3.20. The molecule has 3 amide bonds. The normalized spacial score (nSPS) is 14.1. The zero-order valence-corrected chi connectivity index (χ0v) is 15.8. The number of hydrogen-bond acceptors (Lipinski definition) is 4. The van der Waals surface area contributed by atoms with Crippen molar-refractivity contribution in [1.82, 2.24) is 10.2 Å². The van der Waals surface area contributed by atoms with Crippen molar-refractivity contribution in [3.05, 3.63) is 40.9 Å². The van der Waals surface area contributed by atoms with Crippen LogP contribution in [0.25, 0.3) is 10.8 Å². The van der Waals surface area contributed by atoms with Crippen LogP contribution in [-0.4, -0.2) is 42.3 Å². The second-order valence-electron chi connectivity index (χ2n) is 6.08. The van der Waals surface area contributed by atoms with Gasteiger partial charge in [-0.3, -0.25) is 19.3 Å². The number of carbonyl (C=O) groups is 3. The van der Waals surface area contributed by atoms with E-state index in [0.717, 1.165) is 15.2 Å². The van der Waals surface area contributed by atoms with E-state index in [1.807, 2.05) is 36.4 Å². The summed E-state index contributed by atoms with van der Waals surface area (Å²) in [6.07, 6.45) is 1.12. The molecule has 2 aromatic carbocycles. The van der Waals surface area contributed by atoms with E-state index in [0.29, 0.717) is 38.1 Å². The highest BCUT2D eigenvalue weighted by atomic mass is 79.9. The Bertz CT molecular complexity index is 837. The monoisotopic (exact) mass is 418 g/mol. The molecule has 0 aromatic heterocycles. The van der Waals surface area contributed by atoms with Crippen molar-refractivity contribution in [3.63, 3.8) is 0 Å². The molecule has 0 bridgehead atoms. The quantitative estimate of drug-likeness (QED) is 0.553. The van der Waals surface area contributed by atoms with Crippen molar-refractivity contribution >= 4 is 44.4 Å². The minimum absolute atomic E-state index is 0.0798. The molecular weight excluding hydrogens is 400 g/mol. The number of nitrogens with one attached hydrogen (secondary N) is 1. The van der Waals surface area contributed by atoms with Gasteiger partial charge in [0.1, 0.15) is 5.75 Å². The van der Waals surface area contributed by atoms with E-state index in [1.54, 1.807) is 0 Å². The molecule has 26 heavy (non-hydrogen) atoms. The van der Waals surface area contributed by atoms with E-state index >= 15 is 0 Å². The number of benzene rings is 2. The minimum atomic E-state index is -0.236. The lowest BCUT2D eigenvalue weighted by Gasteiger charge is -2.13. The van der Waals surface area contributed by atoms with Crippen LogP contribution in [0.2, 0.25) is 0 Å². The zero-order valence-electron chi connectivity index (χ0n) is 14.2. The Hall–Kier alpha value is -2.41. The number of fused-ring (bicyclic) bond motifs is 1. The first-order valence-electron chi connectivity index (χ1n) is 8.45. The largest absolute Gasteiger partial charge is 0.484 e. The van der Waals surface area contributed by atoms with Gasteiger partial charge in [-0.2, -0.15) is 0 Å². The maximum absolute atomic E-state index is 11.9. The van der Waals surface area contributed by atoms with Gasteiger partial charge in [0.2, 0.25) is 11.8 Å². The van der Waals surface area contributed by atoms with Crippen LogP contribution in [0.15, 0.2) is 40.9 Å². The highest BCUT2D eigenvalue weighted by Gasteiger charge is 2.27. The van der Waals surface area contributed by atoms with Crippen LogP contribution in [0, 0.1) is 0 Å². The summed E-state index contributed by atoms with van der Waals surface area (Å²) in [4.78, 5) is 36.1. The smallest absolute Gasteiger partial charge is 0.257 e. The van der Waals surface area contributed by atoms with Crippen LogP contribution >= 0.6 is 15.9 Å². The number of rotatable bonds is 7. The van der Waals surface area contributed by atoms with Gasteiger partial charge in [-0.15, -0.1) is 0 Å². The van der Waals surface area contributed by atoms with E-state index in [4.69, 9.17) is 4.74 Å². The molecule has 1 aliphatic heterocycles. The standard InChI is InChI=1S/C19H19BrN2O4/c20-15-4-2-14-11-16(5-3-13(14)10-15)26-12-17(23)21-8-1-9-22-18(24)6-7-19(22)25/h2-5,10-11H,1,6-9,12H2,(H,21,23). The van der Waals surface area contributed by atoms with E-state index < -0.39 is 0 Å². The molecule has 6 nitrogen and oxygen atoms in total. The second kappa shape index (κ2) is 8.31. The van der Waals surface area contributed by atoms with Gasteiger partial charge in [0.25, 0.3) is 5.91 Å². The highest BCUT2D eigenvalue weighted by Crippen LogP contribution is 2.24. The average molecular weight is 419 g/mol. The van der Waals surface area contributed by atoms with E-state index in [2.05, 4.69) is 21.2 Å². The molecule has 0 saturated carbocycles. The fraction of sp³-hybridized carbons (Fsp3) is 0.316. The van der Waals surface area contributed by atoms with E-state index in [1.165, 1.54) is 4.90 Å². The lowest BCUT2D eigenvalue weighted by molar-refractivity contribution is -0.138. The Morgan fingerprint density at radius 2 is 1.77 bits per heavy atom. The topological polar surface area (TPSA) is 75.7 Å². The highest BCUT2D eigenvalue weighted by molar-refractivity contribution is 9.10. The number of amides is 3. The van der Waals surface area contributed by atoms with Gasteiger partial charge >= 0.3 is 0 Å². The van der Waals surface area contributed by atoms with E-state index in [9.17, 15) is 14.4 Å². The second-order valence-corrected chi connectivity index (χ2v) is 7.00. The van der Waals surface area contributed by atoms with Crippen molar-refractivity contribution in [3.8, 4) is 5.75 Å². The third-order valence-electron chi connectivity index (χ3n) is 4.18. The summed E-state index contributed by atoms with van der Waals surface area (Å²) < 4.78 is 6.54. The van der Waals surface area contributed by atoms with E-state index in [-0.39, 0.29) is 24.3 Å². The van der Waals surface area contributed by atoms with Crippen LogP contribution in [0.5, 0.6) is 5.75 Å². The number of hydrogen-bond donors (Lipinski definition) is 1. The van der Waals surface area contributed by atoms with Gasteiger partial charge in [-0.05, 0) is 41.5 Å². The lowest BCUT2D eigenvalue weighted by Crippen LogP contribution is -2.34. The average Bonchev–Trinajstić information content (AvgIpc) is 2.95. The summed E-state index contributed by atoms with van der Waals surface area (Å²) in [6.45, 7) is 0.660. The molecule has 0 aliphatic carbocycles. The number of nitrogens with zero attached hydrogens (tertiary/aromatic N) is 1. The summed E-state index contributed by atoms with van der Waals surface area (Å²) in [7, 11) is 0. The minimum Gasteiger partial charge on any atom is -0.484 e. The Balaban J connectivity index is 1.40. The summed E-state index contributed by atoms with van der Waals surface area (Å²) in [5, 5.41) is 4.85. The van der Waals surface area contributed by atoms with Gasteiger partial charge in [0.05, 0.1) is 0 Å². The van der Waals surface area contributed by atoms with Crippen molar-refractivity contribution < 1.29 is 19.1 Å². The first kappa shape index (κ1) is 18.4. The number of likely N-dealkylation sites (tertiary alicyclic amines) is 1. The van der Waals surface area contributed by atoms with Crippen molar-refractivity contribution in [2.45, 2.75) is 19.3 Å². The molecule has 0 unspecified atom stereocenters. The molecule has 7 heteroatoms. The fourth-order valence-electron chi connectivity index (χ4n) is 2.82. The molecule has 3 rings (SSSR count). The maximum Gasteiger partial charge on any atom is 0.257 e. The maximum atomic E-state index is 11.9. The number of ether oxygens (including phenoxy) is 1. The zero-order chi connectivity index (χ0) is 18.5. The molecule has 1 heterocycles. The molecule has 0 atom stereocenters. The van der Waals surface area contributed by atoms with Gasteiger partial charge in [-0.1, -0.05) is 28.1 Å². The van der Waals surface area contributed by atoms with Gasteiger partial charge in [0.15, 0.2) is 6.61 Å². The SMILES string of the molecule is O=C(COc1ccc2cc(Br)ccc2c1)NCCCN1C(=O)CCC1=O. The molecular formula is C19H19BrN2O4. The van der Waals surface area contributed by atoms with Crippen LogP contribution in [-0.2, 0) is 14.4 Å². The summed E-state index contributed by atoms with van der Waals surface area (Å²) in [6, 6.07) is 11.6. The third-order valence-corrected chi connectivity index (χ3v) is 4.67. The van der Waals surface area contributed by atoms with Crippen LogP contribution in [0.4, 0.5) is 0 Å². The Morgan fingerprint density at radius 1 is 1.08 bits per heavy atom. The molecule has 1 saturated heterocycles. The first-order chi connectivity index (χ1) is 12.5. The Morgan fingerprint density at radius 3 is 2.54 bits per heavy atom. The summed E-state index contributed by atoms with van der Waals surface area (Å²) >= 11 is 3.43. The molecule has 1 fully saturated rings. The Kier molecular flexibility index (Phi) is 5.88. The molecule has 1 N–H and O–H groups in total. The number of imide groups is 1. The molecule has 136 valence electrons. The Labute approximate surface area is 159 Å². The van der Waals surface area contributed by atoms with Gasteiger partial charge in [-0.25, -0.2) is 0 Å². The molecule has 1 aliphatic rings. The first-order valence-corrected chi connectivity index (χ1v) is 9.24. The summed E-state index contributed by atoms with van der Waals surface area (Å²) in [5.74, 6) is 0.129. The van der Waals surface area contributed by atoms with Gasteiger partial charge in [0, 0.05) is 30.4 Å². The van der Waals surface area contributed by atoms with Crippen molar-refractivity contribution in [2.24, 2.45) is 0 Å².